The number of hydrogen-bond acceptors (Lipinski definition) is 4. The van der Waals surface area contributed by atoms with Crippen molar-refractivity contribution in [3.63, 3.8) is 0 Å². The van der Waals surface area contributed by atoms with E-state index in [1.165, 1.54) is 0 Å². The molecular formula is C14H24N4. The molecule has 1 aliphatic rings. The predicted octanol–water partition coefficient (Wildman–Crippen LogP) is 1.63. The van der Waals surface area contributed by atoms with Crippen LogP contribution in [-0.4, -0.2) is 42.1 Å². The second kappa shape index (κ2) is 5.24. The molecule has 0 bridgehead atoms. The van der Waals surface area contributed by atoms with Crippen LogP contribution < -0.4 is 10.6 Å². The van der Waals surface area contributed by atoms with Crippen LogP contribution >= 0.6 is 0 Å². The Morgan fingerprint density at radius 3 is 2.50 bits per heavy atom. The highest BCUT2D eigenvalue weighted by Crippen LogP contribution is 2.25. The Morgan fingerprint density at radius 2 is 1.94 bits per heavy atom. The van der Waals surface area contributed by atoms with E-state index < -0.39 is 0 Å². The first-order chi connectivity index (χ1) is 8.50. The van der Waals surface area contributed by atoms with E-state index in [2.05, 4.69) is 41.7 Å². The summed E-state index contributed by atoms with van der Waals surface area (Å²) < 4.78 is 0. The van der Waals surface area contributed by atoms with Crippen molar-refractivity contribution >= 4 is 5.82 Å². The normalized spacial score (nSPS) is 27.3. The summed E-state index contributed by atoms with van der Waals surface area (Å²) in [5, 5.41) is 0. The maximum absolute atomic E-state index is 6.04. The summed E-state index contributed by atoms with van der Waals surface area (Å²) in [6.45, 7) is 8.56. The lowest BCUT2D eigenvalue weighted by Gasteiger charge is -2.43. The molecule has 1 saturated heterocycles. The molecule has 3 atom stereocenters. The minimum absolute atomic E-state index is 0.0268. The van der Waals surface area contributed by atoms with E-state index in [4.69, 9.17) is 5.73 Å². The summed E-state index contributed by atoms with van der Waals surface area (Å²) in [7, 11) is 2.19. The molecule has 2 heterocycles. The number of piperazine rings is 1. The molecule has 1 aromatic rings. The highest BCUT2D eigenvalue weighted by molar-refractivity contribution is 5.49. The van der Waals surface area contributed by atoms with Gasteiger partial charge < -0.3 is 10.6 Å². The fraction of sp³-hybridized carbons (Fsp3) is 0.643. The Hall–Kier alpha value is -1.13. The molecule has 2 N–H and O–H groups in total. The Balaban J connectivity index is 2.27. The first-order valence-electron chi connectivity index (χ1n) is 6.68. The van der Waals surface area contributed by atoms with E-state index in [9.17, 15) is 0 Å². The third-order valence-corrected chi connectivity index (χ3v) is 3.97. The van der Waals surface area contributed by atoms with Crippen LogP contribution in [0.25, 0.3) is 0 Å². The maximum atomic E-state index is 6.04. The van der Waals surface area contributed by atoms with Crippen LogP contribution in [0.15, 0.2) is 18.3 Å². The van der Waals surface area contributed by atoms with E-state index in [-0.39, 0.29) is 6.04 Å². The van der Waals surface area contributed by atoms with E-state index in [0.29, 0.717) is 12.1 Å². The van der Waals surface area contributed by atoms with Gasteiger partial charge in [-0.05, 0) is 33.9 Å². The van der Waals surface area contributed by atoms with Gasteiger partial charge in [0.1, 0.15) is 5.82 Å². The number of likely N-dealkylation sites (N-methyl/N-ethyl adjacent to an activating group) is 1. The van der Waals surface area contributed by atoms with E-state index >= 15 is 0 Å². The highest BCUT2D eigenvalue weighted by Gasteiger charge is 2.28. The van der Waals surface area contributed by atoms with Crippen molar-refractivity contribution in [2.24, 2.45) is 5.73 Å². The first-order valence-corrected chi connectivity index (χ1v) is 6.68. The van der Waals surface area contributed by atoms with Crippen molar-refractivity contribution in [1.82, 2.24) is 9.88 Å². The van der Waals surface area contributed by atoms with E-state index in [1.54, 1.807) is 0 Å². The number of nitrogens with two attached hydrogens (primary N) is 1. The van der Waals surface area contributed by atoms with Crippen LogP contribution in [0.4, 0.5) is 5.82 Å². The lowest BCUT2D eigenvalue weighted by Crippen LogP contribution is -2.55. The van der Waals surface area contributed by atoms with Crippen LogP contribution in [0, 0.1) is 0 Å². The van der Waals surface area contributed by atoms with Crippen molar-refractivity contribution < 1.29 is 0 Å². The third kappa shape index (κ3) is 2.49. The second-order valence-corrected chi connectivity index (χ2v) is 5.47. The van der Waals surface area contributed by atoms with E-state index in [0.717, 1.165) is 24.5 Å². The lowest BCUT2D eigenvalue weighted by atomic mass is 10.1. The molecule has 1 fully saturated rings. The van der Waals surface area contributed by atoms with Crippen LogP contribution in [0.3, 0.4) is 0 Å². The molecule has 3 unspecified atom stereocenters. The fourth-order valence-corrected chi connectivity index (χ4v) is 2.61. The lowest BCUT2D eigenvalue weighted by molar-refractivity contribution is 0.169. The smallest absolute Gasteiger partial charge is 0.133 e. The van der Waals surface area contributed by atoms with Crippen molar-refractivity contribution in [2.45, 2.75) is 38.9 Å². The summed E-state index contributed by atoms with van der Waals surface area (Å²) in [6.07, 6.45) is 1.86. The Kier molecular flexibility index (Phi) is 3.88. The SMILES string of the molecule is CC(N)c1cccnc1N1CC(C)N(C)C(C)C1. The van der Waals surface area contributed by atoms with Gasteiger partial charge in [-0.3, -0.25) is 4.90 Å². The molecule has 0 aliphatic carbocycles. The number of nitrogens with zero attached hydrogens (tertiary/aromatic N) is 3. The minimum Gasteiger partial charge on any atom is -0.353 e. The van der Waals surface area contributed by atoms with Gasteiger partial charge in [0.15, 0.2) is 0 Å². The summed E-state index contributed by atoms with van der Waals surface area (Å²) >= 11 is 0. The van der Waals surface area contributed by atoms with Gasteiger partial charge in [0.2, 0.25) is 0 Å². The fourth-order valence-electron chi connectivity index (χ4n) is 2.61. The van der Waals surface area contributed by atoms with E-state index in [1.807, 2.05) is 19.2 Å². The number of rotatable bonds is 2. The van der Waals surface area contributed by atoms with Gasteiger partial charge in [0.25, 0.3) is 0 Å². The third-order valence-electron chi connectivity index (χ3n) is 3.97. The molecule has 0 spiro atoms. The van der Waals surface area contributed by atoms with Crippen LogP contribution in [-0.2, 0) is 0 Å². The highest BCUT2D eigenvalue weighted by atomic mass is 15.3. The number of anilines is 1. The van der Waals surface area contributed by atoms with Gasteiger partial charge in [0.05, 0.1) is 0 Å². The van der Waals surface area contributed by atoms with Crippen LogP contribution in [0.1, 0.15) is 32.4 Å². The standard InChI is InChI=1S/C14H24N4/c1-10-8-18(9-11(2)17(10)4)14-13(12(3)15)6-5-7-16-14/h5-7,10-12H,8-9,15H2,1-4H3. The Labute approximate surface area is 110 Å². The van der Waals surface area contributed by atoms with Gasteiger partial charge in [-0.25, -0.2) is 4.98 Å². The topological polar surface area (TPSA) is 45.4 Å². The molecule has 100 valence electrons. The zero-order valence-corrected chi connectivity index (χ0v) is 11.8. The van der Waals surface area contributed by atoms with Gasteiger partial charge in [0, 0.05) is 43.0 Å². The molecule has 0 aromatic carbocycles. The average Bonchev–Trinajstić information content (AvgIpc) is 2.35. The molecular weight excluding hydrogens is 224 g/mol. The quantitative estimate of drug-likeness (QED) is 0.864. The van der Waals surface area contributed by atoms with Gasteiger partial charge in [-0.1, -0.05) is 6.07 Å². The van der Waals surface area contributed by atoms with Crippen molar-refractivity contribution in [1.29, 1.82) is 0 Å². The maximum Gasteiger partial charge on any atom is 0.133 e. The molecule has 2 rings (SSSR count). The molecule has 0 amide bonds. The molecule has 1 aliphatic heterocycles. The summed E-state index contributed by atoms with van der Waals surface area (Å²) in [4.78, 5) is 9.34. The number of aromatic nitrogens is 1. The van der Waals surface area contributed by atoms with Gasteiger partial charge >= 0.3 is 0 Å². The zero-order valence-electron chi connectivity index (χ0n) is 11.8. The molecule has 0 saturated carbocycles. The molecule has 4 nitrogen and oxygen atoms in total. The predicted molar refractivity (Wildman–Crippen MR) is 75.7 cm³/mol. The molecule has 18 heavy (non-hydrogen) atoms. The van der Waals surface area contributed by atoms with Gasteiger partial charge in [-0.15, -0.1) is 0 Å². The largest absolute Gasteiger partial charge is 0.353 e. The average molecular weight is 248 g/mol. The van der Waals surface area contributed by atoms with Crippen molar-refractivity contribution in [3.8, 4) is 0 Å². The zero-order chi connectivity index (χ0) is 13.3. The number of hydrogen-bond donors (Lipinski definition) is 1. The second-order valence-electron chi connectivity index (χ2n) is 5.47. The summed E-state index contributed by atoms with van der Waals surface area (Å²) in [5.74, 6) is 1.05. The van der Waals surface area contributed by atoms with Crippen molar-refractivity contribution in [3.05, 3.63) is 23.9 Å². The summed E-state index contributed by atoms with van der Waals surface area (Å²) in [6, 6.07) is 5.15. The molecule has 0 radical (unpaired) electrons. The minimum atomic E-state index is 0.0268. The molecule has 4 heteroatoms. The summed E-state index contributed by atoms with van der Waals surface area (Å²) in [5.41, 5.74) is 7.18. The van der Waals surface area contributed by atoms with Gasteiger partial charge in [-0.2, -0.15) is 0 Å². The number of pyridine rings is 1. The first kappa shape index (κ1) is 13.3. The Morgan fingerprint density at radius 1 is 1.33 bits per heavy atom. The van der Waals surface area contributed by atoms with Crippen LogP contribution in [0.5, 0.6) is 0 Å². The monoisotopic (exact) mass is 248 g/mol. The van der Waals surface area contributed by atoms with Crippen LogP contribution in [0.2, 0.25) is 0 Å². The van der Waals surface area contributed by atoms with Crippen molar-refractivity contribution in [2.75, 3.05) is 25.0 Å². The molecule has 1 aromatic heterocycles. The Bertz CT molecular complexity index is 393.